The zero-order chi connectivity index (χ0) is 13.0. The number of aryl methyl sites for hydroxylation is 1. The van der Waals surface area contributed by atoms with Crippen LogP contribution in [0.25, 0.3) is 0 Å². The van der Waals surface area contributed by atoms with Gasteiger partial charge in [-0.25, -0.2) is 0 Å². The van der Waals surface area contributed by atoms with Gasteiger partial charge in [0.2, 0.25) is 0 Å². The summed E-state index contributed by atoms with van der Waals surface area (Å²) < 4.78 is 1.80. The molecule has 0 fully saturated rings. The first-order chi connectivity index (χ1) is 8.69. The van der Waals surface area contributed by atoms with Crippen molar-refractivity contribution in [3.8, 4) is 0 Å². The summed E-state index contributed by atoms with van der Waals surface area (Å²) in [5, 5.41) is 3.43. The molecule has 0 spiro atoms. The Hall–Kier alpha value is -0.350. The number of rotatable bonds is 5. The Bertz CT molecular complexity index is 488. The third-order valence-electron chi connectivity index (χ3n) is 2.76. The van der Waals surface area contributed by atoms with E-state index in [9.17, 15) is 0 Å². The van der Waals surface area contributed by atoms with Crippen molar-refractivity contribution in [3.63, 3.8) is 0 Å². The van der Waals surface area contributed by atoms with Crippen LogP contribution in [0, 0.1) is 0 Å². The van der Waals surface area contributed by atoms with Gasteiger partial charge in [0, 0.05) is 22.4 Å². The summed E-state index contributed by atoms with van der Waals surface area (Å²) in [6.45, 7) is 3.91. The van der Waals surface area contributed by atoms with E-state index in [-0.39, 0.29) is 0 Å². The molecule has 0 atom stereocenters. The molecule has 0 saturated carbocycles. The van der Waals surface area contributed by atoms with Crippen molar-refractivity contribution in [2.45, 2.75) is 26.4 Å². The summed E-state index contributed by atoms with van der Waals surface area (Å²) in [5.74, 6) is 0. The first-order valence-electron chi connectivity index (χ1n) is 5.91. The minimum Gasteiger partial charge on any atom is -0.308 e. The Morgan fingerprint density at radius 1 is 1.17 bits per heavy atom. The summed E-state index contributed by atoms with van der Waals surface area (Å²) in [6, 6.07) is 10.8. The zero-order valence-electron chi connectivity index (χ0n) is 10.2. The van der Waals surface area contributed by atoms with Gasteiger partial charge in [-0.1, -0.05) is 42.8 Å². The van der Waals surface area contributed by atoms with Gasteiger partial charge in [0.1, 0.15) is 4.34 Å². The second-order valence-electron chi connectivity index (χ2n) is 4.11. The van der Waals surface area contributed by atoms with Gasteiger partial charge in [0.05, 0.1) is 0 Å². The van der Waals surface area contributed by atoms with Crippen molar-refractivity contribution >= 4 is 38.9 Å². The van der Waals surface area contributed by atoms with Crippen LogP contribution in [0.1, 0.15) is 22.9 Å². The highest BCUT2D eigenvalue weighted by Gasteiger charge is 2.03. The minimum absolute atomic E-state index is 0.819. The van der Waals surface area contributed by atoms with Crippen molar-refractivity contribution in [2.75, 3.05) is 0 Å². The van der Waals surface area contributed by atoms with E-state index in [0.717, 1.165) is 28.3 Å². The molecule has 1 aromatic carbocycles. The zero-order valence-corrected chi connectivity index (χ0v) is 13.3. The number of hydrogen-bond donors (Lipinski definition) is 1. The molecule has 4 heteroatoms. The van der Waals surface area contributed by atoms with Crippen LogP contribution in [0.2, 0.25) is 4.34 Å². The molecule has 0 aliphatic rings. The topological polar surface area (TPSA) is 12.0 Å². The molecule has 0 aliphatic heterocycles. The molecule has 0 amide bonds. The minimum atomic E-state index is 0.819. The van der Waals surface area contributed by atoms with Crippen LogP contribution in [0.5, 0.6) is 0 Å². The van der Waals surface area contributed by atoms with Crippen molar-refractivity contribution < 1.29 is 0 Å². The fourth-order valence-corrected chi connectivity index (χ4v) is 3.46. The standard InChI is InChI=1S/C14H15BrClNS/c1-2-10-3-5-11(6-4-10)8-17-9-12-7-13(15)14(16)18-12/h3-7,17H,2,8-9H2,1H3. The maximum Gasteiger partial charge on any atom is 0.107 e. The van der Waals surface area contributed by atoms with Gasteiger partial charge < -0.3 is 5.32 Å². The molecule has 0 bridgehead atoms. The van der Waals surface area contributed by atoms with Crippen molar-refractivity contribution in [1.29, 1.82) is 0 Å². The molecule has 0 radical (unpaired) electrons. The molecule has 2 rings (SSSR count). The van der Waals surface area contributed by atoms with Crippen LogP contribution < -0.4 is 5.32 Å². The normalized spacial score (nSPS) is 10.8. The number of halogens is 2. The number of benzene rings is 1. The number of thiophene rings is 1. The highest BCUT2D eigenvalue weighted by atomic mass is 79.9. The summed E-state index contributed by atoms with van der Waals surface area (Å²) in [4.78, 5) is 1.25. The molecular formula is C14H15BrClNS. The molecule has 0 aliphatic carbocycles. The molecule has 1 heterocycles. The van der Waals surface area contributed by atoms with Crippen LogP contribution in [0.3, 0.4) is 0 Å². The van der Waals surface area contributed by atoms with Gasteiger partial charge in [0.15, 0.2) is 0 Å². The molecule has 18 heavy (non-hydrogen) atoms. The highest BCUT2D eigenvalue weighted by molar-refractivity contribution is 9.10. The fourth-order valence-electron chi connectivity index (χ4n) is 1.70. The smallest absolute Gasteiger partial charge is 0.107 e. The van der Waals surface area contributed by atoms with Crippen molar-refractivity contribution in [3.05, 3.63) is 55.1 Å². The van der Waals surface area contributed by atoms with Gasteiger partial charge >= 0.3 is 0 Å². The van der Waals surface area contributed by atoms with E-state index >= 15 is 0 Å². The predicted molar refractivity (Wildman–Crippen MR) is 83.4 cm³/mol. The molecule has 1 aromatic heterocycles. The second-order valence-corrected chi connectivity index (χ2v) is 6.70. The van der Waals surface area contributed by atoms with Gasteiger partial charge in [-0.15, -0.1) is 11.3 Å². The van der Waals surface area contributed by atoms with E-state index in [1.54, 1.807) is 11.3 Å². The lowest BCUT2D eigenvalue weighted by molar-refractivity contribution is 0.700. The van der Waals surface area contributed by atoms with E-state index in [1.807, 2.05) is 0 Å². The quantitative estimate of drug-likeness (QED) is 0.803. The lowest BCUT2D eigenvalue weighted by Gasteiger charge is -2.04. The Morgan fingerprint density at radius 2 is 1.83 bits per heavy atom. The maximum absolute atomic E-state index is 6.00. The van der Waals surface area contributed by atoms with Crippen LogP contribution in [0.15, 0.2) is 34.8 Å². The number of hydrogen-bond acceptors (Lipinski definition) is 2. The van der Waals surface area contributed by atoms with Crippen molar-refractivity contribution in [1.82, 2.24) is 5.32 Å². The lowest BCUT2D eigenvalue weighted by atomic mass is 10.1. The van der Waals surface area contributed by atoms with E-state index in [2.05, 4.69) is 58.5 Å². The summed E-state index contributed by atoms with van der Waals surface area (Å²) in [7, 11) is 0. The van der Waals surface area contributed by atoms with Gasteiger partial charge in [-0.05, 0) is 39.5 Å². The second kappa shape index (κ2) is 6.71. The molecule has 1 nitrogen and oxygen atoms in total. The summed E-state index contributed by atoms with van der Waals surface area (Å²) in [6.07, 6.45) is 1.09. The van der Waals surface area contributed by atoms with Crippen LogP contribution in [-0.2, 0) is 19.5 Å². The third-order valence-corrected chi connectivity index (χ3v) is 5.23. The van der Waals surface area contributed by atoms with Crippen LogP contribution in [-0.4, -0.2) is 0 Å². The highest BCUT2D eigenvalue weighted by Crippen LogP contribution is 2.31. The summed E-state index contributed by atoms with van der Waals surface area (Å²) >= 11 is 11.0. The maximum atomic E-state index is 6.00. The molecule has 0 unspecified atom stereocenters. The SMILES string of the molecule is CCc1ccc(CNCc2cc(Br)c(Cl)s2)cc1. The van der Waals surface area contributed by atoms with Gasteiger partial charge in [-0.3, -0.25) is 0 Å². The van der Waals surface area contributed by atoms with E-state index < -0.39 is 0 Å². The monoisotopic (exact) mass is 343 g/mol. The third kappa shape index (κ3) is 3.82. The molecule has 0 saturated heterocycles. The Balaban J connectivity index is 1.84. The lowest BCUT2D eigenvalue weighted by Crippen LogP contribution is -2.11. The van der Waals surface area contributed by atoms with Crippen LogP contribution in [0.4, 0.5) is 0 Å². The Morgan fingerprint density at radius 3 is 2.39 bits per heavy atom. The molecule has 96 valence electrons. The van der Waals surface area contributed by atoms with Crippen molar-refractivity contribution in [2.24, 2.45) is 0 Å². The predicted octanol–water partition coefficient (Wildman–Crippen LogP) is 5.02. The Labute approximate surface area is 125 Å². The first kappa shape index (κ1) is 14.1. The average Bonchev–Trinajstić information content (AvgIpc) is 2.69. The number of nitrogens with one attached hydrogen (secondary N) is 1. The molecule has 1 N–H and O–H groups in total. The first-order valence-corrected chi connectivity index (χ1v) is 7.90. The van der Waals surface area contributed by atoms with Gasteiger partial charge in [0.25, 0.3) is 0 Å². The largest absolute Gasteiger partial charge is 0.308 e. The van der Waals surface area contributed by atoms with E-state index in [0.29, 0.717) is 0 Å². The molecule has 2 aromatic rings. The van der Waals surface area contributed by atoms with E-state index in [1.165, 1.54) is 16.0 Å². The van der Waals surface area contributed by atoms with E-state index in [4.69, 9.17) is 11.6 Å². The van der Waals surface area contributed by atoms with Crippen LogP contribution >= 0.6 is 38.9 Å². The summed E-state index contributed by atoms with van der Waals surface area (Å²) in [5.41, 5.74) is 2.70. The van der Waals surface area contributed by atoms with Gasteiger partial charge in [-0.2, -0.15) is 0 Å². The Kier molecular flexibility index (Phi) is 5.25. The fraction of sp³-hybridized carbons (Fsp3) is 0.286. The average molecular weight is 345 g/mol. The molecular weight excluding hydrogens is 330 g/mol.